The van der Waals surface area contributed by atoms with E-state index in [0.717, 1.165) is 5.56 Å². The number of carbonyl (C=O) groups excluding carboxylic acids is 1. The average molecular weight is 405 g/mol. The summed E-state index contributed by atoms with van der Waals surface area (Å²) in [5.74, 6) is 0.944. The Morgan fingerprint density at radius 2 is 2.14 bits per heavy atom. The van der Waals surface area contributed by atoms with Crippen molar-refractivity contribution in [2.24, 2.45) is 5.92 Å². The highest BCUT2D eigenvalue weighted by Gasteiger charge is 2.58. The standard InChI is InChI=1S/C18H23N5O4S/c1-12-20-17(27-22-12)18-9-15(8-14(18)10-23(11-18)28(2,25)26)21-16(24)7-13-3-5-19-6-4-13/h3-6,14-15H,7-11H2,1-2H3,(H,21,24)/t14?,15-,18+/m1/s1. The molecule has 10 heteroatoms. The normalized spacial score (nSPS) is 27.6. The molecule has 0 aromatic carbocycles. The number of hydrogen-bond acceptors (Lipinski definition) is 7. The maximum absolute atomic E-state index is 12.5. The quantitative estimate of drug-likeness (QED) is 0.766. The molecule has 1 amide bonds. The minimum Gasteiger partial charge on any atom is -0.353 e. The van der Waals surface area contributed by atoms with Crippen molar-refractivity contribution in [3.63, 3.8) is 0 Å². The first kappa shape index (κ1) is 19.0. The molecule has 2 aliphatic rings. The molecule has 2 fully saturated rings. The summed E-state index contributed by atoms with van der Waals surface area (Å²) in [6.45, 7) is 2.44. The minimum atomic E-state index is -3.31. The van der Waals surface area contributed by atoms with Crippen LogP contribution in [-0.2, 0) is 26.7 Å². The predicted octanol–water partition coefficient (Wildman–Crippen LogP) is 0.424. The van der Waals surface area contributed by atoms with Crippen LogP contribution in [0.3, 0.4) is 0 Å². The van der Waals surface area contributed by atoms with Gasteiger partial charge in [0.15, 0.2) is 5.82 Å². The summed E-state index contributed by atoms with van der Waals surface area (Å²) >= 11 is 0. The summed E-state index contributed by atoms with van der Waals surface area (Å²) in [7, 11) is -3.31. The maximum atomic E-state index is 12.5. The Labute approximate surface area is 163 Å². The van der Waals surface area contributed by atoms with Crippen molar-refractivity contribution in [2.75, 3.05) is 19.3 Å². The molecule has 0 radical (unpaired) electrons. The van der Waals surface area contributed by atoms with Crippen molar-refractivity contribution in [2.45, 2.75) is 37.6 Å². The van der Waals surface area contributed by atoms with Crippen molar-refractivity contribution in [3.8, 4) is 0 Å². The molecule has 1 aliphatic heterocycles. The molecule has 2 aromatic rings. The summed E-state index contributed by atoms with van der Waals surface area (Å²) in [4.78, 5) is 20.8. The lowest BCUT2D eigenvalue weighted by Gasteiger charge is -2.24. The lowest BCUT2D eigenvalue weighted by Crippen LogP contribution is -2.39. The van der Waals surface area contributed by atoms with Crippen molar-refractivity contribution in [1.29, 1.82) is 0 Å². The topological polar surface area (TPSA) is 118 Å². The summed E-state index contributed by atoms with van der Waals surface area (Å²) < 4.78 is 31.1. The maximum Gasteiger partial charge on any atom is 0.234 e. The van der Waals surface area contributed by atoms with Gasteiger partial charge in [-0.25, -0.2) is 12.7 Å². The van der Waals surface area contributed by atoms with Crippen molar-refractivity contribution in [3.05, 3.63) is 41.8 Å². The number of nitrogens with one attached hydrogen (secondary N) is 1. The molecule has 0 bridgehead atoms. The number of fused-ring (bicyclic) bond motifs is 1. The van der Waals surface area contributed by atoms with Gasteiger partial charge in [0, 0.05) is 31.5 Å². The zero-order valence-corrected chi connectivity index (χ0v) is 16.6. The first-order chi connectivity index (χ1) is 13.3. The zero-order valence-electron chi connectivity index (χ0n) is 15.8. The van der Waals surface area contributed by atoms with Crippen molar-refractivity contribution in [1.82, 2.24) is 24.7 Å². The summed E-state index contributed by atoms with van der Waals surface area (Å²) in [6, 6.07) is 3.57. The number of carbonyl (C=O) groups is 1. The van der Waals surface area contributed by atoms with Crippen molar-refractivity contribution >= 4 is 15.9 Å². The molecule has 3 atom stereocenters. The second kappa shape index (κ2) is 6.93. The molecule has 9 nitrogen and oxygen atoms in total. The number of rotatable bonds is 5. The predicted molar refractivity (Wildman–Crippen MR) is 99.7 cm³/mol. The second-order valence-corrected chi connectivity index (χ2v) is 9.77. The Bertz CT molecular complexity index is 977. The van der Waals surface area contributed by atoms with Gasteiger partial charge in [0.2, 0.25) is 21.8 Å². The van der Waals surface area contributed by atoms with Gasteiger partial charge in [-0.05, 0) is 43.4 Å². The number of sulfonamides is 1. The van der Waals surface area contributed by atoms with Crippen molar-refractivity contribution < 1.29 is 17.7 Å². The Balaban J connectivity index is 1.52. The summed E-state index contributed by atoms with van der Waals surface area (Å²) in [5.41, 5.74) is 0.343. The van der Waals surface area contributed by atoms with E-state index >= 15 is 0 Å². The minimum absolute atomic E-state index is 0.0216. The van der Waals surface area contributed by atoms with Gasteiger partial charge in [0.1, 0.15) is 0 Å². The average Bonchev–Trinajstić information content (AvgIpc) is 3.27. The Kier molecular flexibility index (Phi) is 4.70. The Morgan fingerprint density at radius 1 is 1.39 bits per heavy atom. The van der Waals surface area contributed by atoms with Gasteiger partial charge in [-0.15, -0.1) is 0 Å². The number of amides is 1. The Hall–Kier alpha value is -2.33. The third-order valence-electron chi connectivity index (χ3n) is 5.75. The SMILES string of the molecule is Cc1noc([C@]23C[C@H](NC(=O)Cc4ccncc4)CC2CN(S(C)(=O)=O)C3)n1. The zero-order chi connectivity index (χ0) is 19.9. The highest BCUT2D eigenvalue weighted by molar-refractivity contribution is 7.88. The molecule has 1 unspecified atom stereocenters. The molecule has 1 saturated heterocycles. The molecular formula is C18H23N5O4S. The lowest BCUT2D eigenvalue weighted by molar-refractivity contribution is -0.121. The summed E-state index contributed by atoms with van der Waals surface area (Å²) in [5, 5.41) is 6.99. The largest absolute Gasteiger partial charge is 0.353 e. The molecule has 3 heterocycles. The van der Waals surface area contributed by atoms with E-state index in [1.165, 1.54) is 10.6 Å². The van der Waals surface area contributed by atoms with Gasteiger partial charge in [0.25, 0.3) is 0 Å². The fourth-order valence-corrected chi connectivity index (χ4v) is 5.40. The molecular weight excluding hydrogens is 382 g/mol. The van der Waals surface area contributed by atoms with Crippen LogP contribution in [0.15, 0.2) is 29.0 Å². The third-order valence-corrected chi connectivity index (χ3v) is 6.96. The monoisotopic (exact) mass is 405 g/mol. The van der Waals surface area contributed by atoms with Gasteiger partial charge in [-0.3, -0.25) is 9.78 Å². The van der Waals surface area contributed by atoms with Crippen LogP contribution in [0.4, 0.5) is 0 Å². The summed E-state index contributed by atoms with van der Waals surface area (Å²) in [6.07, 6.45) is 6.08. The van der Waals surface area contributed by atoms with Crippen LogP contribution < -0.4 is 5.32 Å². The molecule has 4 rings (SSSR count). The molecule has 1 aliphatic carbocycles. The molecule has 150 valence electrons. The molecule has 28 heavy (non-hydrogen) atoms. The van der Waals surface area contributed by atoms with E-state index < -0.39 is 15.4 Å². The lowest BCUT2D eigenvalue weighted by atomic mass is 9.80. The van der Waals surface area contributed by atoms with Crippen LogP contribution >= 0.6 is 0 Å². The number of pyridine rings is 1. The smallest absolute Gasteiger partial charge is 0.234 e. The van der Waals surface area contributed by atoms with E-state index in [4.69, 9.17) is 4.52 Å². The van der Waals surface area contributed by atoms with E-state index in [9.17, 15) is 13.2 Å². The molecule has 0 spiro atoms. The first-order valence-corrected chi connectivity index (χ1v) is 11.1. The van der Waals surface area contributed by atoms with Crippen LogP contribution in [0.2, 0.25) is 0 Å². The van der Waals surface area contributed by atoms with Gasteiger partial charge >= 0.3 is 0 Å². The van der Waals surface area contributed by atoms with E-state index in [1.54, 1.807) is 19.3 Å². The van der Waals surface area contributed by atoms with E-state index in [2.05, 4.69) is 20.4 Å². The number of aryl methyl sites for hydroxylation is 1. The van der Waals surface area contributed by atoms with E-state index in [1.807, 2.05) is 12.1 Å². The number of hydrogen-bond donors (Lipinski definition) is 1. The van der Waals surface area contributed by atoms with Crippen LogP contribution in [0.5, 0.6) is 0 Å². The van der Waals surface area contributed by atoms with Crippen LogP contribution in [0.1, 0.15) is 30.1 Å². The van der Waals surface area contributed by atoms with Crippen LogP contribution in [0, 0.1) is 12.8 Å². The van der Waals surface area contributed by atoms with Crippen LogP contribution in [0.25, 0.3) is 0 Å². The fraction of sp³-hybridized carbons (Fsp3) is 0.556. The second-order valence-electron chi connectivity index (χ2n) is 7.79. The van der Waals surface area contributed by atoms with E-state index in [-0.39, 0.29) is 24.3 Å². The fourth-order valence-electron chi connectivity index (χ4n) is 4.48. The van der Waals surface area contributed by atoms with Gasteiger partial charge in [-0.2, -0.15) is 4.98 Å². The number of aromatic nitrogens is 3. The molecule has 2 aromatic heterocycles. The van der Waals surface area contributed by atoms with Gasteiger partial charge in [0.05, 0.1) is 18.1 Å². The Morgan fingerprint density at radius 3 is 2.79 bits per heavy atom. The van der Waals surface area contributed by atoms with Gasteiger partial charge in [-0.1, -0.05) is 5.16 Å². The third kappa shape index (κ3) is 3.53. The highest BCUT2D eigenvalue weighted by atomic mass is 32.2. The molecule has 1 N–H and O–H groups in total. The first-order valence-electron chi connectivity index (χ1n) is 9.20. The highest BCUT2D eigenvalue weighted by Crippen LogP contribution is 2.50. The van der Waals surface area contributed by atoms with Gasteiger partial charge < -0.3 is 9.84 Å². The molecule has 1 saturated carbocycles. The number of nitrogens with zero attached hydrogens (tertiary/aromatic N) is 4. The van der Waals surface area contributed by atoms with E-state index in [0.29, 0.717) is 37.6 Å². The van der Waals surface area contributed by atoms with Crippen LogP contribution in [-0.4, -0.2) is 59.1 Å².